The smallest absolute Gasteiger partial charge is 0.141 e. The van der Waals surface area contributed by atoms with Crippen molar-refractivity contribution in [1.82, 2.24) is 4.98 Å². The summed E-state index contributed by atoms with van der Waals surface area (Å²) in [7, 11) is 0. The number of aromatic nitrogens is 1. The van der Waals surface area contributed by atoms with E-state index in [1.807, 2.05) is 42.5 Å². The molecule has 0 bridgehead atoms. The highest BCUT2D eigenvalue weighted by Crippen LogP contribution is 2.40. The number of hydrogen-bond donors (Lipinski definition) is 0. The first-order chi connectivity index (χ1) is 8.78. The zero-order valence-corrected chi connectivity index (χ0v) is 10.3. The largest absolute Gasteiger partial charge is 0.261 e. The van der Waals surface area contributed by atoms with Crippen molar-refractivity contribution >= 4 is 0 Å². The van der Waals surface area contributed by atoms with Crippen molar-refractivity contribution in [2.45, 2.75) is 31.4 Å². The molecule has 18 heavy (non-hydrogen) atoms. The Bertz CT molecular complexity index is 538. The summed E-state index contributed by atoms with van der Waals surface area (Å²) in [5, 5.41) is 0. The van der Waals surface area contributed by atoms with E-state index in [-0.39, 0.29) is 0 Å². The van der Waals surface area contributed by atoms with Crippen LogP contribution < -0.4 is 0 Å². The maximum absolute atomic E-state index is 15.2. The summed E-state index contributed by atoms with van der Waals surface area (Å²) in [6.45, 7) is 0. The molecule has 1 aliphatic carbocycles. The van der Waals surface area contributed by atoms with E-state index in [9.17, 15) is 0 Å². The molecule has 2 heteroatoms. The van der Waals surface area contributed by atoms with Crippen molar-refractivity contribution in [1.29, 1.82) is 0 Å². The molecule has 1 unspecified atom stereocenters. The van der Waals surface area contributed by atoms with Gasteiger partial charge in [-0.3, -0.25) is 4.98 Å². The molecule has 0 saturated carbocycles. The Morgan fingerprint density at radius 2 is 1.94 bits per heavy atom. The molecule has 1 atom stereocenters. The second kappa shape index (κ2) is 4.52. The number of alkyl halides is 1. The summed E-state index contributed by atoms with van der Waals surface area (Å²) in [4.78, 5) is 4.25. The normalized spacial score (nSPS) is 22.5. The number of hydrogen-bond acceptors (Lipinski definition) is 1. The van der Waals surface area contributed by atoms with Gasteiger partial charge >= 0.3 is 0 Å². The summed E-state index contributed by atoms with van der Waals surface area (Å²) < 4.78 is 15.2. The van der Waals surface area contributed by atoms with Crippen LogP contribution in [0.4, 0.5) is 4.39 Å². The number of benzene rings is 1. The van der Waals surface area contributed by atoms with Gasteiger partial charge in [-0.2, -0.15) is 0 Å². The monoisotopic (exact) mass is 241 g/mol. The topological polar surface area (TPSA) is 12.9 Å². The van der Waals surface area contributed by atoms with Gasteiger partial charge in [-0.25, -0.2) is 4.39 Å². The van der Waals surface area contributed by atoms with Crippen molar-refractivity contribution < 1.29 is 4.39 Å². The lowest BCUT2D eigenvalue weighted by Crippen LogP contribution is -2.28. The van der Waals surface area contributed by atoms with Gasteiger partial charge in [0.2, 0.25) is 0 Å². The van der Waals surface area contributed by atoms with Crippen LogP contribution >= 0.6 is 0 Å². The number of fused-ring (bicyclic) bond motifs is 1. The molecule has 0 N–H and O–H groups in total. The third kappa shape index (κ3) is 2.03. The number of halogens is 1. The van der Waals surface area contributed by atoms with Crippen molar-refractivity contribution in [3.05, 3.63) is 65.5 Å². The molecule has 0 fully saturated rings. The fourth-order valence-electron chi connectivity index (χ4n) is 2.84. The van der Waals surface area contributed by atoms with Gasteiger partial charge in [0.1, 0.15) is 5.67 Å². The fourth-order valence-corrected chi connectivity index (χ4v) is 2.84. The zero-order valence-electron chi connectivity index (χ0n) is 10.3. The van der Waals surface area contributed by atoms with Crippen LogP contribution in [0.5, 0.6) is 0 Å². The van der Waals surface area contributed by atoms with E-state index in [0.717, 1.165) is 29.7 Å². The van der Waals surface area contributed by atoms with Crippen molar-refractivity contribution in [2.24, 2.45) is 0 Å². The van der Waals surface area contributed by atoms with Crippen LogP contribution in [-0.4, -0.2) is 4.98 Å². The van der Waals surface area contributed by atoms with Crippen LogP contribution in [0.2, 0.25) is 0 Å². The van der Waals surface area contributed by atoms with E-state index in [2.05, 4.69) is 4.98 Å². The molecule has 92 valence electrons. The van der Waals surface area contributed by atoms with Crippen molar-refractivity contribution in [3.8, 4) is 0 Å². The first-order valence-electron chi connectivity index (χ1n) is 6.45. The second-order valence-corrected chi connectivity index (χ2v) is 4.97. The molecule has 1 aliphatic rings. The SMILES string of the molecule is FC1(Cc2ccccn2)CCCc2ccccc21. The fraction of sp³-hybridized carbons (Fsp3) is 0.312. The molecular formula is C16H16FN. The second-order valence-electron chi connectivity index (χ2n) is 4.97. The Balaban J connectivity index is 1.96. The molecule has 0 spiro atoms. The Morgan fingerprint density at radius 1 is 1.11 bits per heavy atom. The maximum atomic E-state index is 15.2. The Morgan fingerprint density at radius 3 is 2.78 bits per heavy atom. The molecule has 0 saturated heterocycles. The quantitative estimate of drug-likeness (QED) is 0.778. The molecule has 1 nitrogen and oxygen atoms in total. The highest BCUT2D eigenvalue weighted by molar-refractivity contribution is 5.35. The van der Waals surface area contributed by atoms with Crippen LogP contribution in [0.1, 0.15) is 29.7 Å². The summed E-state index contributed by atoms with van der Waals surface area (Å²) in [5.74, 6) is 0. The first kappa shape index (κ1) is 11.4. The predicted octanol–water partition coefficient (Wildman–Crippen LogP) is 3.83. The lowest BCUT2D eigenvalue weighted by atomic mass is 9.78. The Hall–Kier alpha value is -1.70. The van der Waals surface area contributed by atoms with Crippen LogP contribution in [0.3, 0.4) is 0 Å². The molecule has 1 heterocycles. The van der Waals surface area contributed by atoms with Gasteiger partial charge in [0.25, 0.3) is 0 Å². The lowest BCUT2D eigenvalue weighted by molar-refractivity contribution is 0.135. The van der Waals surface area contributed by atoms with E-state index < -0.39 is 5.67 Å². The number of pyridine rings is 1. The molecule has 3 rings (SSSR count). The average molecular weight is 241 g/mol. The standard InChI is InChI=1S/C16H16FN/c17-16(12-14-8-3-4-11-18-14)10-5-7-13-6-1-2-9-15(13)16/h1-4,6,8-9,11H,5,7,10,12H2. The lowest BCUT2D eigenvalue weighted by Gasteiger charge is -2.32. The van der Waals surface area contributed by atoms with Gasteiger partial charge in [0.05, 0.1) is 0 Å². The van der Waals surface area contributed by atoms with Crippen LogP contribution in [0.15, 0.2) is 48.7 Å². The summed E-state index contributed by atoms with van der Waals surface area (Å²) >= 11 is 0. The summed E-state index contributed by atoms with van der Waals surface area (Å²) in [6.07, 6.45) is 4.61. The van der Waals surface area contributed by atoms with E-state index in [0.29, 0.717) is 12.8 Å². The van der Waals surface area contributed by atoms with Gasteiger partial charge in [-0.15, -0.1) is 0 Å². The van der Waals surface area contributed by atoms with E-state index >= 15 is 4.39 Å². The molecule has 0 aliphatic heterocycles. The molecule has 0 amide bonds. The third-order valence-electron chi connectivity index (χ3n) is 3.71. The van der Waals surface area contributed by atoms with Gasteiger partial charge in [-0.1, -0.05) is 30.3 Å². The highest BCUT2D eigenvalue weighted by atomic mass is 19.1. The van der Waals surface area contributed by atoms with Gasteiger partial charge in [0.15, 0.2) is 0 Å². The zero-order chi connectivity index (χ0) is 12.4. The number of rotatable bonds is 2. The van der Waals surface area contributed by atoms with Gasteiger partial charge < -0.3 is 0 Å². The summed E-state index contributed by atoms with van der Waals surface area (Å²) in [6, 6.07) is 13.6. The molecule has 1 aromatic carbocycles. The van der Waals surface area contributed by atoms with E-state index in [1.54, 1.807) is 6.20 Å². The Labute approximate surface area is 107 Å². The number of nitrogens with zero attached hydrogens (tertiary/aromatic N) is 1. The van der Waals surface area contributed by atoms with Gasteiger partial charge in [-0.05, 0) is 42.5 Å². The molecule has 2 aromatic rings. The Kier molecular flexibility index (Phi) is 2.86. The van der Waals surface area contributed by atoms with E-state index in [1.165, 1.54) is 0 Å². The summed E-state index contributed by atoms with van der Waals surface area (Å²) in [5.41, 5.74) is 1.60. The average Bonchev–Trinajstić information content (AvgIpc) is 2.40. The minimum absolute atomic E-state index is 0.380. The van der Waals surface area contributed by atoms with Crippen molar-refractivity contribution in [3.63, 3.8) is 0 Å². The predicted molar refractivity (Wildman–Crippen MR) is 70.1 cm³/mol. The molecule has 0 radical (unpaired) electrons. The molecular weight excluding hydrogens is 225 g/mol. The first-order valence-corrected chi connectivity index (χ1v) is 6.45. The van der Waals surface area contributed by atoms with Crippen LogP contribution in [0.25, 0.3) is 0 Å². The molecule has 1 aromatic heterocycles. The third-order valence-corrected chi connectivity index (χ3v) is 3.71. The highest BCUT2D eigenvalue weighted by Gasteiger charge is 2.36. The van der Waals surface area contributed by atoms with Crippen LogP contribution in [-0.2, 0) is 18.5 Å². The van der Waals surface area contributed by atoms with Crippen molar-refractivity contribution in [2.75, 3.05) is 0 Å². The number of aryl methyl sites for hydroxylation is 1. The maximum Gasteiger partial charge on any atom is 0.141 e. The van der Waals surface area contributed by atoms with E-state index in [4.69, 9.17) is 0 Å². The van der Waals surface area contributed by atoms with Crippen LogP contribution in [0, 0.1) is 0 Å². The van der Waals surface area contributed by atoms with Gasteiger partial charge in [0, 0.05) is 18.3 Å². The minimum Gasteiger partial charge on any atom is -0.261 e. The minimum atomic E-state index is -1.25.